The number of hydrogen-bond donors (Lipinski definition) is 2. The van der Waals surface area contributed by atoms with Crippen LogP contribution in [0.5, 0.6) is 5.75 Å². The number of aliphatic imine (C=N–C) groups is 1. The molecular weight excluding hydrogens is 404 g/mol. The van der Waals surface area contributed by atoms with Gasteiger partial charge < -0.3 is 19.8 Å². The lowest BCUT2D eigenvalue weighted by molar-refractivity contribution is 0.164. The molecule has 0 saturated carbocycles. The summed E-state index contributed by atoms with van der Waals surface area (Å²) in [6.45, 7) is 8.20. The van der Waals surface area contributed by atoms with E-state index in [0.29, 0.717) is 18.4 Å². The lowest BCUT2D eigenvalue weighted by Gasteiger charge is -2.31. The van der Waals surface area contributed by atoms with Crippen molar-refractivity contribution in [2.45, 2.75) is 33.2 Å². The molecule has 1 aromatic heterocycles. The number of nitrogens with zero attached hydrogens (tertiary/aromatic N) is 3. The molecule has 0 spiro atoms. The van der Waals surface area contributed by atoms with Crippen LogP contribution in [0, 0.1) is 31.4 Å². The highest BCUT2D eigenvalue weighted by Crippen LogP contribution is 2.19. The number of likely N-dealkylation sites (tertiary alicyclic amines) is 1. The number of aromatic nitrogens is 1. The van der Waals surface area contributed by atoms with Gasteiger partial charge in [0.05, 0.1) is 18.8 Å². The molecule has 0 unspecified atom stereocenters. The Morgan fingerprint density at radius 1 is 1.26 bits per heavy atom. The minimum atomic E-state index is -0.707. The van der Waals surface area contributed by atoms with E-state index in [1.807, 2.05) is 13.8 Å². The molecule has 1 aliphatic rings. The van der Waals surface area contributed by atoms with Gasteiger partial charge in [0.25, 0.3) is 0 Å². The van der Waals surface area contributed by atoms with E-state index in [4.69, 9.17) is 9.15 Å². The maximum absolute atomic E-state index is 13.6. The molecule has 1 aliphatic heterocycles. The minimum Gasteiger partial charge on any atom is -0.489 e. The van der Waals surface area contributed by atoms with Crippen molar-refractivity contribution in [1.82, 2.24) is 20.5 Å². The third kappa shape index (κ3) is 6.92. The van der Waals surface area contributed by atoms with Gasteiger partial charge in [-0.05, 0) is 57.8 Å². The Balaban J connectivity index is 1.31. The largest absolute Gasteiger partial charge is 0.489 e. The average molecular weight is 436 g/mol. The fraction of sp³-hybridized carbons (Fsp3) is 0.545. The maximum atomic E-state index is 13.6. The predicted molar refractivity (Wildman–Crippen MR) is 115 cm³/mol. The number of benzene rings is 1. The van der Waals surface area contributed by atoms with Gasteiger partial charge in [0.2, 0.25) is 5.89 Å². The molecule has 2 heterocycles. The summed E-state index contributed by atoms with van der Waals surface area (Å²) in [5.41, 5.74) is 0.959. The van der Waals surface area contributed by atoms with Crippen molar-refractivity contribution in [2.24, 2.45) is 10.9 Å². The highest BCUT2D eigenvalue weighted by molar-refractivity contribution is 5.79. The lowest BCUT2D eigenvalue weighted by Crippen LogP contribution is -2.43. The average Bonchev–Trinajstić information content (AvgIpc) is 3.06. The number of ether oxygens (including phenoxy) is 1. The molecule has 3 rings (SSSR count). The first-order valence-corrected chi connectivity index (χ1v) is 10.6. The van der Waals surface area contributed by atoms with Crippen LogP contribution in [-0.4, -0.2) is 55.7 Å². The Kier molecular flexibility index (Phi) is 8.22. The van der Waals surface area contributed by atoms with E-state index >= 15 is 0 Å². The molecular formula is C22H31F2N5O2. The number of aryl methyl sites for hydroxylation is 2. The fourth-order valence-electron chi connectivity index (χ4n) is 3.53. The molecule has 1 aromatic carbocycles. The summed E-state index contributed by atoms with van der Waals surface area (Å²) in [7, 11) is 1.71. The van der Waals surface area contributed by atoms with Crippen molar-refractivity contribution in [3.8, 4) is 5.75 Å². The third-order valence-electron chi connectivity index (χ3n) is 5.47. The molecule has 0 atom stereocenters. The summed E-state index contributed by atoms with van der Waals surface area (Å²) >= 11 is 0. The fourth-order valence-corrected chi connectivity index (χ4v) is 3.53. The van der Waals surface area contributed by atoms with Crippen molar-refractivity contribution in [3.63, 3.8) is 0 Å². The van der Waals surface area contributed by atoms with Gasteiger partial charge in [-0.25, -0.2) is 13.8 Å². The third-order valence-corrected chi connectivity index (χ3v) is 5.47. The summed E-state index contributed by atoms with van der Waals surface area (Å²) in [4.78, 5) is 11.1. The summed E-state index contributed by atoms with van der Waals surface area (Å²) < 4.78 is 37.5. The Hall–Kier alpha value is -2.68. The first kappa shape index (κ1) is 23.0. The van der Waals surface area contributed by atoms with Crippen LogP contribution < -0.4 is 15.4 Å². The van der Waals surface area contributed by atoms with Gasteiger partial charge in [0.1, 0.15) is 18.2 Å². The smallest absolute Gasteiger partial charge is 0.208 e. The Labute approximate surface area is 181 Å². The van der Waals surface area contributed by atoms with E-state index in [1.165, 1.54) is 12.1 Å². The van der Waals surface area contributed by atoms with Crippen LogP contribution in [0.3, 0.4) is 0 Å². The van der Waals surface area contributed by atoms with E-state index in [2.05, 4.69) is 25.5 Å². The molecule has 2 aromatic rings. The monoisotopic (exact) mass is 435 g/mol. The van der Waals surface area contributed by atoms with Crippen LogP contribution in [0.15, 0.2) is 27.6 Å². The first-order valence-electron chi connectivity index (χ1n) is 10.6. The second-order valence-corrected chi connectivity index (χ2v) is 7.77. The molecule has 0 radical (unpaired) electrons. The van der Waals surface area contributed by atoms with Crippen LogP contribution >= 0.6 is 0 Å². The van der Waals surface area contributed by atoms with Crippen molar-refractivity contribution in [2.75, 3.05) is 39.8 Å². The van der Waals surface area contributed by atoms with Gasteiger partial charge in [-0.3, -0.25) is 9.89 Å². The number of guanidine groups is 1. The zero-order valence-corrected chi connectivity index (χ0v) is 18.4. The van der Waals surface area contributed by atoms with E-state index in [0.717, 1.165) is 62.4 Å². The van der Waals surface area contributed by atoms with Gasteiger partial charge in [-0.1, -0.05) is 0 Å². The van der Waals surface area contributed by atoms with Gasteiger partial charge >= 0.3 is 0 Å². The molecule has 170 valence electrons. The number of halogens is 2. The lowest BCUT2D eigenvalue weighted by atomic mass is 9.97. The molecule has 9 heteroatoms. The van der Waals surface area contributed by atoms with E-state index in [9.17, 15) is 8.78 Å². The second-order valence-electron chi connectivity index (χ2n) is 7.77. The summed E-state index contributed by atoms with van der Waals surface area (Å²) in [5, 5.41) is 6.49. The van der Waals surface area contributed by atoms with E-state index < -0.39 is 11.6 Å². The van der Waals surface area contributed by atoms with Crippen LogP contribution in [0.25, 0.3) is 0 Å². The van der Waals surface area contributed by atoms with Crippen molar-refractivity contribution >= 4 is 5.96 Å². The van der Waals surface area contributed by atoms with Crippen molar-refractivity contribution < 1.29 is 17.9 Å². The first-order chi connectivity index (χ1) is 14.9. The molecule has 31 heavy (non-hydrogen) atoms. The highest BCUT2D eigenvalue weighted by atomic mass is 19.1. The predicted octanol–water partition coefficient (Wildman–Crippen LogP) is 3.03. The van der Waals surface area contributed by atoms with Crippen molar-refractivity contribution in [1.29, 1.82) is 0 Å². The van der Waals surface area contributed by atoms with Gasteiger partial charge in [0, 0.05) is 19.7 Å². The second kappa shape index (κ2) is 11.1. The zero-order valence-electron chi connectivity index (χ0n) is 18.4. The molecule has 0 amide bonds. The molecule has 0 aliphatic carbocycles. The quantitative estimate of drug-likeness (QED) is 0.377. The minimum absolute atomic E-state index is 0.0352. The number of oxazole rings is 1. The van der Waals surface area contributed by atoms with E-state index in [1.54, 1.807) is 7.05 Å². The standard InChI is InChI=1S/C22H31F2N5O2/c1-15-16(2)31-21(28-15)14-29-9-6-17(7-10-29)13-27-22(25-3)26-8-11-30-20-5-4-18(23)12-19(20)24/h4-5,12,17H,6-11,13-14H2,1-3H3,(H2,25,26,27). The number of hydrogen-bond acceptors (Lipinski definition) is 5. The topological polar surface area (TPSA) is 74.9 Å². The van der Waals surface area contributed by atoms with Crippen LogP contribution in [0.1, 0.15) is 30.2 Å². The van der Waals surface area contributed by atoms with Crippen LogP contribution in [0.4, 0.5) is 8.78 Å². The number of piperidine rings is 1. The number of rotatable bonds is 8. The zero-order chi connectivity index (χ0) is 22.2. The summed E-state index contributed by atoms with van der Waals surface area (Å²) in [6, 6.07) is 3.26. The molecule has 1 fully saturated rings. The molecule has 2 N–H and O–H groups in total. The van der Waals surface area contributed by atoms with E-state index in [-0.39, 0.29) is 12.4 Å². The summed E-state index contributed by atoms with van der Waals surface area (Å²) in [6.07, 6.45) is 2.19. The Morgan fingerprint density at radius 3 is 2.68 bits per heavy atom. The van der Waals surface area contributed by atoms with Crippen LogP contribution in [-0.2, 0) is 6.54 Å². The normalized spacial score (nSPS) is 15.8. The summed E-state index contributed by atoms with van der Waals surface area (Å²) in [5.74, 6) is 1.62. The number of nitrogens with one attached hydrogen (secondary N) is 2. The molecule has 7 nitrogen and oxygen atoms in total. The van der Waals surface area contributed by atoms with Crippen LogP contribution in [0.2, 0.25) is 0 Å². The molecule has 0 bridgehead atoms. The van der Waals surface area contributed by atoms with Crippen molar-refractivity contribution in [3.05, 3.63) is 47.2 Å². The van der Waals surface area contributed by atoms with Gasteiger partial charge in [-0.15, -0.1) is 0 Å². The maximum Gasteiger partial charge on any atom is 0.208 e. The Morgan fingerprint density at radius 2 is 2.03 bits per heavy atom. The Bertz CT molecular complexity index is 859. The highest BCUT2D eigenvalue weighted by Gasteiger charge is 2.21. The molecule has 1 saturated heterocycles. The van der Waals surface area contributed by atoms with Gasteiger partial charge in [-0.2, -0.15) is 0 Å². The SMILES string of the molecule is CN=C(NCCOc1ccc(F)cc1F)NCC1CCN(Cc2nc(C)c(C)o2)CC1. The van der Waals surface area contributed by atoms with Gasteiger partial charge in [0.15, 0.2) is 17.5 Å².